The minimum atomic E-state index is -1.99. The van der Waals surface area contributed by atoms with Gasteiger partial charge in [0.15, 0.2) is 19.8 Å². The summed E-state index contributed by atoms with van der Waals surface area (Å²) in [6.07, 6.45) is 1.56. The maximum atomic E-state index is 14.2. The lowest BCUT2D eigenvalue weighted by Crippen LogP contribution is -2.41. The fourth-order valence-corrected chi connectivity index (χ4v) is 6.47. The molecule has 3 N–H and O–H groups in total. The van der Waals surface area contributed by atoms with E-state index in [0.717, 1.165) is 18.4 Å². The number of amidine groups is 1. The van der Waals surface area contributed by atoms with Crippen LogP contribution in [0.2, 0.25) is 18.1 Å². The molecule has 1 aliphatic rings. The van der Waals surface area contributed by atoms with Gasteiger partial charge in [-0.25, -0.2) is 14.6 Å². The van der Waals surface area contributed by atoms with E-state index in [0.29, 0.717) is 34.7 Å². The Balaban J connectivity index is 1.58. The van der Waals surface area contributed by atoms with Crippen LogP contribution in [0.5, 0.6) is 0 Å². The highest BCUT2D eigenvalue weighted by atomic mass is 28.4. The zero-order chi connectivity index (χ0) is 42.9. The Morgan fingerprint density at radius 1 is 0.983 bits per heavy atom. The topological polar surface area (TPSA) is 186 Å². The predicted octanol–water partition coefficient (Wildman–Crippen LogP) is 7.83. The molecule has 0 radical (unpaired) electrons. The van der Waals surface area contributed by atoms with Crippen LogP contribution in [0.15, 0.2) is 60.1 Å². The van der Waals surface area contributed by atoms with Crippen molar-refractivity contribution in [2.24, 2.45) is 22.6 Å². The van der Waals surface area contributed by atoms with E-state index in [1.54, 1.807) is 62.4 Å². The smallest absolute Gasteiger partial charge is 0.435 e. The molecule has 4 rings (SSSR count). The maximum absolute atomic E-state index is 14.2. The molecule has 14 heteroatoms. The summed E-state index contributed by atoms with van der Waals surface area (Å²) < 4.78 is 22.0. The van der Waals surface area contributed by atoms with E-state index >= 15 is 0 Å². The number of benzene rings is 2. The van der Waals surface area contributed by atoms with Gasteiger partial charge < -0.3 is 29.7 Å². The minimum Gasteiger partial charge on any atom is -0.445 e. The highest BCUT2D eigenvalue weighted by Gasteiger charge is 2.37. The van der Waals surface area contributed by atoms with Gasteiger partial charge in [-0.2, -0.15) is 4.99 Å². The van der Waals surface area contributed by atoms with Crippen LogP contribution in [0.25, 0.3) is 17.2 Å². The number of esters is 2. The van der Waals surface area contributed by atoms with Crippen molar-refractivity contribution in [2.45, 2.75) is 92.2 Å². The first-order valence-corrected chi connectivity index (χ1v) is 22.4. The molecule has 58 heavy (non-hydrogen) atoms. The number of ketones is 1. The molecule has 0 aliphatic heterocycles. The average molecular weight is 813 g/mol. The summed E-state index contributed by atoms with van der Waals surface area (Å²) >= 11 is 0. The monoisotopic (exact) mass is 812 g/mol. The van der Waals surface area contributed by atoms with E-state index in [2.05, 4.69) is 55.7 Å². The van der Waals surface area contributed by atoms with E-state index in [1.807, 2.05) is 6.92 Å². The Morgan fingerprint density at radius 3 is 2.26 bits per heavy atom. The van der Waals surface area contributed by atoms with E-state index in [9.17, 15) is 24.0 Å². The molecule has 1 atom stereocenters. The second kappa shape index (κ2) is 19.3. The molecule has 2 amide bonds. The molecular weight excluding hydrogens is 757 g/mol. The second-order valence-corrected chi connectivity index (χ2v) is 21.1. The number of aryl methyl sites for hydroxylation is 1. The minimum absolute atomic E-state index is 0.0117. The Morgan fingerprint density at radius 2 is 1.66 bits per heavy atom. The van der Waals surface area contributed by atoms with Crippen LogP contribution < -0.4 is 11.1 Å². The molecule has 0 saturated heterocycles. The first-order chi connectivity index (χ1) is 27.2. The molecule has 2 aromatic carbocycles. The van der Waals surface area contributed by atoms with Gasteiger partial charge in [0.05, 0.1) is 12.5 Å². The number of nitrogens with zero attached hydrogens (tertiary/aromatic N) is 2. The van der Waals surface area contributed by atoms with Crippen molar-refractivity contribution >= 4 is 50.0 Å². The normalized spacial score (nSPS) is 13.7. The number of amides is 2. The lowest BCUT2D eigenvalue weighted by atomic mass is 9.89. The second-order valence-electron chi connectivity index (χ2n) is 16.3. The zero-order valence-electron chi connectivity index (χ0n) is 35.0. The number of rotatable bonds is 17. The van der Waals surface area contributed by atoms with Gasteiger partial charge in [-0.3, -0.25) is 14.4 Å². The summed E-state index contributed by atoms with van der Waals surface area (Å²) in [6.45, 7) is 21.9. The Kier molecular flexibility index (Phi) is 15.1. The molecule has 0 spiro atoms. The maximum Gasteiger partial charge on any atom is 0.435 e. The lowest BCUT2D eigenvalue weighted by Gasteiger charge is -2.35. The third-order valence-corrected chi connectivity index (χ3v) is 14.8. The standard InChI is InChI=1S/C44H56N4O9Si/c1-11-31-24-35(37(49)23-29-14-16-32(17-15-29)39(45)48-43(53)54-20-21-55-58(9,10)44(6,7)8)34(22-27(31)4)33-18-19-36(40(50)46-25-30-12-13-30)47-38(33)42(52)57-28(5)56-41(51)26(2)3/h11,14-19,22,24,26,28,30H,1,12-13,20-21,23,25H2,2-10H3,(H,46,50)(H2,45,48,53). The van der Waals surface area contributed by atoms with Crippen molar-refractivity contribution in [1.29, 1.82) is 0 Å². The summed E-state index contributed by atoms with van der Waals surface area (Å²) in [7, 11) is -1.99. The summed E-state index contributed by atoms with van der Waals surface area (Å²) in [4.78, 5) is 73.9. The Labute approximate surface area is 341 Å². The lowest BCUT2D eigenvalue weighted by molar-refractivity contribution is -0.169. The van der Waals surface area contributed by atoms with Gasteiger partial charge in [-0.15, -0.1) is 0 Å². The van der Waals surface area contributed by atoms with E-state index < -0.39 is 44.5 Å². The molecule has 1 aromatic heterocycles. The predicted molar refractivity (Wildman–Crippen MR) is 225 cm³/mol. The van der Waals surface area contributed by atoms with Crippen molar-refractivity contribution < 1.29 is 42.6 Å². The molecule has 13 nitrogen and oxygen atoms in total. The number of aliphatic imine (C=N–C) groups is 1. The van der Waals surface area contributed by atoms with Gasteiger partial charge in [0.2, 0.25) is 6.29 Å². The first kappa shape index (κ1) is 45.2. The van der Waals surface area contributed by atoms with Crippen LogP contribution in [-0.4, -0.2) is 74.9 Å². The third kappa shape index (κ3) is 12.3. The number of Topliss-reactive ketones (excluding diaryl/α,β-unsaturated/α-hetero) is 1. The van der Waals surface area contributed by atoms with Gasteiger partial charge in [0.25, 0.3) is 5.91 Å². The van der Waals surface area contributed by atoms with Crippen molar-refractivity contribution in [1.82, 2.24) is 10.3 Å². The molecule has 1 saturated carbocycles. The van der Waals surface area contributed by atoms with Gasteiger partial charge in [-0.1, -0.05) is 77.6 Å². The SMILES string of the molecule is C=Cc1cc(C(=O)Cc2ccc(C(N)=NC(=O)OCCO[Si](C)(C)C(C)(C)C)cc2)c(-c2ccc(C(=O)NCC3CC3)nc2C(=O)OC(C)OC(=O)C(C)C)cc1C. The van der Waals surface area contributed by atoms with Crippen LogP contribution in [-0.2, 0) is 29.9 Å². The summed E-state index contributed by atoms with van der Waals surface area (Å²) in [5, 5.41) is 2.88. The largest absolute Gasteiger partial charge is 0.445 e. The third-order valence-electron chi connectivity index (χ3n) is 10.2. The number of carbonyl (C=O) groups excluding carboxylic acids is 5. The number of hydrogen-bond acceptors (Lipinski definition) is 10. The highest BCUT2D eigenvalue weighted by molar-refractivity contribution is 6.74. The van der Waals surface area contributed by atoms with Gasteiger partial charge in [0, 0.05) is 36.6 Å². The van der Waals surface area contributed by atoms with Crippen molar-refractivity contribution in [2.75, 3.05) is 19.8 Å². The quantitative estimate of drug-likeness (QED) is 0.0257. The Bertz CT molecular complexity index is 2070. The fraction of sp³-hybridized carbons (Fsp3) is 0.432. The number of hydrogen-bond donors (Lipinski definition) is 2. The van der Waals surface area contributed by atoms with Crippen LogP contribution in [0.4, 0.5) is 4.79 Å². The van der Waals surface area contributed by atoms with Crippen molar-refractivity contribution in [3.8, 4) is 11.1 Å². The number of nitrogens with one attached hydrogen (secondary N) is 1. The molecule has 1 heterocycles. The van der Waals surface area contributed by atoms with Crippen LogP contribution in [0, 0.1) is 18.8 Å². The summed E-state index contributed by atoms with van der Waals surface area (Å²) in [6, 6.07) is 13.2. The van der Waals surface area contributed by atoms with Gasteiger partial charge >= 0.3 is 18.0 Å². The number of carbonyl (C=O) groups is 5. The van der Waals surface area contributed by atoms with Crippen LogP contribution >= 0.6 is 0 Å². The first-order valence-electron chi connectivity index (χ1n) is 19.5. The molecular formula is C44H56N4O9Si. The van der Waals surface area contributed by atoms with E-state index in [1.165, 1.54) is 13.0 Å². The zero-order valence-corrected chi connectivity index (χ0v) is 36.0. The van der Waals surface area contributed by atoms with Gasteiger partial charge in [-0.05, 0) is 84.3 Å². The van der Waals surface area contributed by atoms with E-state index in [4.69, 9.17) is 24.4 Å². The molecule has 1 fully saturated rings. The van der Waals surface area contributed by atoms with Crippen LogP contribution in [0.1, 0.15) is 108 Å². The number of nitrogens with two attached hydrogens (primary N) is 1. The summed E-state index contributed by atoms with van der Waals surface area (Å²) in [5.41, 5.74) is 9.34. The molecule has 1 unspecified atom stereocenters. The van der Waals surface area contributed by atoms with Crippen molar-refractivity contribution in [3.63, 3.8) is 0 Å². The summed E-state index contributed by atoms with van der Waals surface area (Å²) in [5.74, 6) is -2.35. The van der Waals surface area contributed by atoms with Crippen LogP contribution in [0.3, 0.4) is 0 Å². The molecule has 0 bridgehead atoms. The molecule has 3 aromatic rings. The number of aromatic nitrogens is 1. The highest BCUT2D eigenvalue weighted by Crippen LogP contribution is 2.36. The van der Waals surface area contributed by atoms with Gasteiger partial charge in [0.1, 0.15) is 18.1 Å². The number of pyridine rings is 1. The Hall–Kier alpha value is -5.47. The van der Waals surface area contributed by atoms with E-state index in [-0.39, 0.29) is 58.8 Å². The molecule has 1 aliphatic carbocycles. The number of ether oxygens (including phenoxy) is 3. The van der Waals surface area contributed by atoms with Crippen molar-refractivity contribution in [3.05, 3.63) is 94.3 Å². The average Bonchev–Trinajstić information content (AvgIpc) is 3.99. The fourth-order valence-electron chi connectivity index (χ4n) is 5.45. The molecule has 310 valence electrons.